The number of nitrogens with one attached hydrogen (secondary N) is 1. The minimum atomic E-state index is -2.05. The Balaban J connectivity index is 0.903. The second-order valence-corrected chi connectivity index (χ2v) is 24.4. The summed E-state index contributed by atoms with van der Waals surface area (Å²) >= 11 is 0. The molecular weight excluding hydrogens is 1060 g/mol. The summed E-state index contributed by atoms with van der Waals surface area (Å²) < 4.78 is 49.1. The number of benzene rings is 1. The second kappa shape index (κ2) is 22.5. The van der Waals surface area contributed by atoms with Gasteiger partial charge in [-0.1, -0.05) is 55.8 Å². The van der Waals surface area contributed by atoms with Crippen LogP contribution >= 0.6 is 0 Å². The summed E-state index contributed by atoms with van der Waals surface area (Å²) in [4.78, 5) is 40.7. The molecule has 0 radical (unpaired) electrons. The number of aliphatic hydroxyl groups is 13. The van der Waals surface area contributed by atoms with Crippen LogP contribution in [0.15, 0.2) is 42.5 Å². The van der Waals surface area contributed by atoms with Crippen molar-refractivity contribution in [3.05, 3.63) is 48.0 Å². The molecule has 4 heterocycles. The first kappa shape index (κ1) is 59.7. The zero-order valence-corrected chi connectivity index (χ0v) is 44.3. The van der Waals surface area contributed by atoms with Crippen LogP contribution in [-0.4, -0.2) is 243 Å². The van der Waals surface area contributed by atoms with Gasteiger partial charge in [-0.05, 0) is 80.1 Å². The zero-order chi connectivity index (χ0) is 57.7. The molecule has 29 atom stereocenters. The van der Waals surface area contributed by atoms with E-state index in [-0.39, 0.29) is 30.1 Å². The van der Waals surface area contributed by atoms with E-state index in [1.807, 2.05) is 0 Å². The van der Waals surface area contributed by atoms with Gasteiger partial charge in [0.05, 0.1) is 30.8 Å². The SMILES string of the molecule is C=C1CC23CC[C@H]4[C@@](C)(CCC[C@@]4(C)C(=O)OC4O[C@H](C(=O)N[C@H](Cc5ccccc5)C(=O)O)[C@@H](O)[C@H](O)[C@H]4O)[C@@H]2CC(O[C@@H]2O[C@H](CO)[C@@H](O)C(O[C@@H]4OC5(CC5O)[C@@H](O)[C@H](O)[C@H]4O)[C@H]2O[C@@H]2O[C@H](CO)[C@@H](O)[C@H](O)[C@H]2O)C1C3. The molecule has 4 saturated heterocycles. The summed E-state index contributed by atoms with van der Waals surface area (Å²) in [6.07, 6.45) is -33.4. The van der Waals surface area contributed by atoms with E-state index < -0.39 is 188 Å². The summed E-state index contributed by atoms with van der Waals surface area (Å²) in [6.45, 7) is 6.66. The number of rotatable bonds is 15. The van der Waals surface area contributed by atoms with Crippen molar-refractivity contribution in [3.63, 3.8) is 0 Å². The first-order chi connectivity index (χ1) is 37.8. The van der Waals surface area contributed by atoms with Crippen LogP contribution in [0.25, 0.3) is 0 Å². The maximum atomic E-state index is 14.8. The van der Waals surface area contributed by atoms with Crippen LogP contribution in [0.2, 0.25) is 0 Å². The number of amides is 1. The third kappa shape index (κ3) is 10.2. The van der Waals surface area contributed by atoms with E-state index in [2.05, 4.69) is 18.8 Å². The van der Waals surface area contributed by atoms with Gasteiger partial charge in [-0.3, -0.25) is 9.59 Å². The zero-order valence-electron chi connectivity index (χ0n) is 44.3. The van der Waals surface area contributed by atoms with Crippen molar-refractivity contribution in [3.8, 4) is 0 Å². The summed E-state index contributed by atoms with van der Waals surface area (Å²) in [6, 6.07) is 6.96. The molecule has 5 aliphatic carbocycles. The molecule has 0 aromatic heterocycles. The van der Waals surface area contributed by atoms with Gasteiger partial charge in [-0.15, -0.1) is 0 Å². The lowest BCUT2D eigenvalue weighted by atomic mass is 9.41. The molecule has 1 aromatic carbocycles. The summed E-state index contributed by atoms with van der Waals surface area (Å²) in [7, 11) is 0. The molecule has 4 aliphatic heterocycles. The van der Waals surface area contributed by atoms with Gasteiger partial charge >= 0.3 is 11.9 Å². The number of carboxylic acids is 1. The number of fused-ring (bicyclic) bond motifs is 3. The van der Waals surface area contributed by atoms with E-state index in [1.165, 1.54) is 0 Å². The van der Waals surface area contributed by atoms with Gasteiger partial charge in [0, 0.05) is 18.8 Å². The van der Waals surface area contributed by atoms with E-state index in [4.69, 9.17) is 37.9 Å². The number of aliphatic carboxylic acids is 1. The van der Waals surface area contributed by atoms with E-state index in [0.29, 0.717) is 56.9 Å². The van der Waals surface area contributed by atoms with Crippen molar-refractivity contribution in [2.75, 3.05) is 13.2 Å². The summed E-state index contributed by atoms with van der Waals surface area (Å²) in [5.74, 6) is -4.25. The van der Waals surface area contributed by atoms with Crippen LogP contribution in [0, 0.1) is 34.0 Å². The van der Waals surface area contributed by atoms with Crippen molar-refractivity contribution in [2.24, 2.45) is 34.0 Å². The van der Waals surface area contributed by atoms with Gasteiger partial charge in [-0.2, -0.15) is 0 Å². The molecule has 26 nitrogen and oxygen atoms in total. The Labute approximate surface area is 459 Å². The number of carbonyl (C=O) groups excluding carboxylic acids is 2. The first-order valence-electron chi connectivity index (χ1n) is 27.6. The Morgan fingerprint density at radius 2 is 1.32 bits per heavy atom. The fourth-order valence-electron chi connectivity index (χ4n) is 15.3. The number of hydrogen-bond donors (Lipinski definition) is 15. The van der Waals surface area contributed by atoms with Gasteiger partial charge < -0.3 is 115 Å². The van der Waals surface area contributed by atoms with Crippen molar-refractivity contribution in [1.82, 2.24) is 5.32 Å². The molecule has 9 fully saturated rings. The monoisotopic (exact) mass is 1140 g/mol. The molecular formula is C54H77NO25. The Morgan fingerprint density at radius 1 is 0.700 bits per heavy atom. The topological polar surface area (TPSA) is 420 Å². The largest absolute Gasteiger partial charge is 0.480 e. The van der Waals surface area contributed by atoms with E-state index >= 15 is 0 Å². The molecule has 2 bridgehead atoms. The Bertz CT molecular complexity index is 2420. The quantitative estimate of drug-likeness (QED) is 0.0449. The normalized spacial score (nSPS) is 50.2. The van der Waals surface area contributed by atoms with Gasteiger partial charge in [-0.25, -0.2) is 4.79 Å². The smallest absolute Gasteiger partial charge is 0.326 e. The maximum absolute atomic E-state index is 14.8. The Morgan fingerprint density at radius 3 is 1.99 bits per heavy atom. The van der Waals surface area contributed by atoms with Gasteiger partial charge in [0.25, 0.3) is 5.91 Å². The molecule has 1 aromatic rings. The van der Waals surface area contributed by atoms with Crippen LogP contribution in [0.5, 0.6) is 0 Å². The Kier molecular flexibility index (Phi) is 16.8. The van der Waals surface area contributed by atoms with Crippen LogP contribution in [0.4, 0.5) is 0 Å². The van der Waals surface area contributed by atoms with Crippen LogP contribution in [0.3, 0.4) is 0 Å². The molecule has 26 heteroatoms. The minimum absolute atomic E-state index is 0.135. The lowest BCUT2D eigenvalue weighted by Crippen LogP contribution is -2.68. The number of hydrogen-bond acceptors (Lipinski definition) is 24. The van der Waals surface area contributed by atoms with Crippen molar-refractivity contribution in [2.45, 2.75) is 219 Å². The summed E-state index contributed by atoms with van der Waals surface area (Å²) in [5, 5.41) is 154. The van der Waals surface area contributed by atoms with Gasteiger partial charge in [0.15, 0.2) is 25.0 Å². The number of ether oxygens (including phenoxy) is 8. The van der Waals surface area contributed by atoms with Crippen molar-refractivity contribution < 1.29 is 124 Å². The minimum Gasteiger partial charge on any atom is -0.480 e. The van der Waals surface area contributed by atoms with E-state index in [9.17, 15) is 85.9 Å². The van der Waals surface area contributed by atoms with Gasteiger partial charge in [0.1, 0.15) is 97.1 Å². The molecule has 80 heavy (non-hydrogen) atoms. The molecule has 7 unspecified atom stereocenters. The van der Waals surface area contributed by atoms with Crippen molar-refractivity contribution in [1.29, 1.82) is 0 Å². The third-order valence-corrected chi connectivity index (χ3v) is 19.7. The lowest BCUT2D eigenvalue weighted by molar-refractivity contribution is -0.399. The number of carboxylic acid groups (broad SMARTS) is 1. The molecule has 448 valence electrons. The second-order valence-electron chi connectivity index (χ2n) is 24.4. The maximum Gasteiger partial charge on any atom is 0.326 e. The number of carbonyl (C=O) groups is 3. The molecule has 10 rings (SSSR count). The molecule has 9 aliphatic rings. The third-order valence-electron chi connectivity index (χ3n) is 19.7. The Hall–Kier alpha value is -3.43. The van der Waals surface area contributed by atoms with Gasteiger partial charge in [0.2, 0.25) is 6.29 Å². The molecule has 2 spiro atoms. The highest BCUT2D eigenvalue weighted by atomic mass is 16.8. The standard InChI is InChI=1S/C54H77NO25/c1-21-16-53-13-10-28-51(2,11-7-12-52(28,3)50(72)79-47-38(66)34(62)35(63)41(77-47)44(69)55-24(45(70)71)14-22-8-5-4-6-9-22)29(53)15-25(23(21)17-53)73-49-42(78-46-37(65)33(61)31(59)26(19-56)74-46)40(32(60)27(20-57)75-49)76-48-39(67)36(64)43(68)54(80-48)18-30(54)58/h4-6,8-9,23-43,46-49,56-68H,1,7,10-20H2,2-3H3,(H,55,69)(H,70,71)/t23?,24-,25?,26-,27-,28+,29+,30?,31-,32-,33+,34+,35+,36-,37-,38-,39-,40?,41+,42-,43+,46+,47?,48-,49-,51-,52-,53?,54?/m1/s1. The molecule has 5 saturated carbocycles. The van der Waals surface area contributed by atoms with Crippen LogP contribution < -0.4 is 5.32 Å². The van der Waals surface area contributed by atoms with E-state index in [0.717, 1.165) is 5.57 Å². The lowest BCUT2D eigenvalue weighted by Gasteiger charge is -2.64. The summed E-state index contributed by atoms with van der Waals surface area (Å²) in [5.41, 5.74) is -2.56. The fourth-order valence-corrected chi connectivity index (χ4v) is 15.3. The first-order valence-corrected chi connectivity index (χ1v) is 27.6. The van der Waals surface area contributed by atoms with Crippen LogP contribution in [0.1, 0.15) is 77.2 Å². The highest BCUT2D eigenvalue weighted by Crippen LogP contribution is 2.73. The predicted octanol–water partition coefficient (Wildman–Crippen LogP) is -4.30. The van der Waals surface area contributed by atoms with Crippen LogP contribution in [-0.2, 0) is 58.7 Å². The average Bonchev–Trinajstić information content (AvgIpc) is 4.15. The molecule has 15 N–H and O–H groups in total. The highest BCUT2D eigenvalue weighted by Gasteiger charge is 2.70. The van der Waals surface area contributed by atoms with E-state index in [1.54, 1.807) is 37.3 Å². The predicted molar refractivity (Wildman–Crippen MR) is 264 cm³/mol. The number of esters is 1. The molecule has 1 amide bonds. The highest BCUT2D eigenvalue weighted by molar-refractivity contribution is 5.87. The van der Waals surface area contributed by atoms with Crippen molar-refractivity contribution >= 4 is 17.8 Å². The number of aliphatic hydroxyl groups excluding tert-OH is 13. The fraction of sp³-hybridized carbons (Fsp3) is 0.796. The average molecular weight is 1140 g/mol.